The van der Waals surface area contributed by atoms with E-state index in [1.54, 1.807) is 0 Å². The van der Waals surface area contributed by atoms with Gasteiger partial charge in [-0.1, -0.05) is 54.6 Å². The van der Waals surface area contributed by atoms with E-state index in [1.807, 2.05) is 12.1 Å². The summed E-state index contributed by atoms with van der Waals surface area (Å²) in [5.41, 5.74) is 7.02. The Morgan fingerprint density at radius 1 is 0.548 bits per heavy atom. The zero-order chi connectivity index (χ0) is 20.3. The number of benzene rings is 5. The minimum Gasteiger partial charge on any atom is -0.307 e. The van der Waals surface area contributed by atoms with Gasteiger partial charge in [0.2, 0.25) is 0 Å². The van der Waals surface area contributed by atoms with Crippen LogP contribution in [0.25, 0.3) is 70.8 Å². The van der Waals surface area contributed by atoms with Crippen LogP contribution in [0, 0.1) is 11.3 Å². The Bertz CT molecular complexity index is 1980. The van der Waals surface area contributed by atoms with E-state index in [2.05, 4.69) is 83.3 Å². The van der Waals surface area contributed by atoms with Crippen LogP contribution in [0.5, 0.6) is 0 Å². The van der Waals surface area contributed by atoms with Crippen molar-refractivity contribution in [2.24, 2.45) is 0 Å². The number of fused-ring (bicyclic) bond motifs is 5. The summed E-state index contributed by atoms with van der Waals surface area (Å²) in [6.45, 7) is 0. The molecular formula is C29H14N2. The minimum atomic E-state index is 0.689. The second kappa shape index (κ2) is 5.03. The van der Waals surface area contributed by atoms with Crippen molar-refractivity contribution in [2.45, 2.75) is 0 Å². The SMILES string of the molecule is N#Cc1ccc(-c2cc3c4cccc5c6cc7ccccc7c7c(c2)c3n(c45)c67)cc1. The maximum absolute atomic E-state index is 9.18. The lowest BCUT2D eigenvalue weighted by Gasteiger charge is -2.05. The van der Waals surface area contributed by atoms with Gasteiger partial charge in [0, 0.05) is 32.3 Å². The van der Waals surface area contributed by atoms with Gasteiger partial charge in [0.15, 0.2) is 0 Å². The van der Waals surface area contributed by atoms with E-state index >= 15 is 0 Å². The Labute approximate surface area is 177 Å². The van der Waals surface area contributed by atoms with Gasteiger partial charge in [-0.05, 0) is 52.2 Å². The van der Waals surface area contributed by atoms with Gasteiger partial charge in [0.05, 0.1) is 28.2 Å². The first-order chi connectivity index (χ1) is 15.3. The highest BCUT2D eigenvalue weighted by molar-refractivity contribution is 6.38. The van der Waals surface area contributed by atoms with Gasteiger partial charge >= 0.3 is 0 Å². The highest BCUT2D eigenvalue weighted by Crippen LogP contribution is 2.49. The molecule has 0 saturated heterocycles. The van der Waals surface area contributed by atoms with E-state index in [-0.39, 0.29) is 0 Å². The molecule has 0 atom stereocenters. The molecular weight excluding hydrogens is 376 g/mol. The molecule has 0 amide bonds. The number of rotatable bonds is 1. The molecule has 3 heterocycles. The molecule has 0 N–H and O–H groups in total. The molecule has 0 saturated carbocycles. The van der Waals surface area contributed by atoms with Crippen molar-refractivity contribution in [3.8, 4) is 17.2 Å². The van der Waals surface area contributed by atoms with Crippen LogP contribution in [0.15, 0.2) is 84.9 Å². The fourth-order valence-corrected chi connectivity index (χ4v) is 5.78. The number of hydrogen-bond acceptors (Lipinski definition) is 1. The van der Waals surface area contributed by atoms with Crippen molar-refractivity contribution in [1.82, 2.24) is 4.40 Å². The van der Waals surface area contributed by atoms with Gasteiger partial charge in [-0.3, -0.25) is 0 Å². The molecule has 0 radical (unpaired) electrons. The summed E-state index contributed by atoms with van der Waals surface area (Å²) in [5.74, 6) is 0. The Balaban J connectivity index is 1.67. The van der Waals surface area contributed by atoms with E-state index in [9.17, 15) is 5.26 Å². The molecule has 3 aromatic heterocycles. The Morgan fingerprint density at radius 2 is 1.23 bits per heavy atom. The van der Waals surface area contributed by atoms with Crippen LogP contribution in [0.2, 0.25) is 0 Å². The summed E-state index contributed by atoms with van der Waals surface area (Å²) < 4.78 is 2.50. The predicted molar refractivity (Wildman–Crippen MR) is 129 cm³/mol. The lowest BCUT2D eigenvalue weighted by Crippen LogP contribution is -1.81. The topological polar surface area (TPSA) is 28.2 Å². The molecule has 0 unspecified atom stereocenters. The van der Waals surface area contributed by atoms with Crippen LogP contribution in [0.4, 0.5) is 0 Å². The summed E-state index contributed by atoms with van der Waals surface area (Å²) in [7, 11) is 0. The molecule has 0 fully saturated rings. The summed E-state index contributed by atoms with van der Waals surface area (Å²) in [5, 5.41) is 19.7. The standard InChI is InChI=1S/C29H14N2/c30-15-16-8-10-17(11-9-16)19-13-23-21-6-3-7-22-24-12-18-4-1-2-5-20(18)26-25(14-19)28(23)31(27(21)22)29(24)26/h1-14H. The highest BCUT2D eigenvalue weighted by Gasteiger charge is 2.25. The average molecular weight is 390 g/mol. The average Bonchev–Trinajstić information content (AvgIpc) is 3.46. The van der Waals surface area contributed by atoms with E-state index in [1.165, 1.54) is 65.2 Å². The highest BCUT2D eigenvalue weighted by atomic mass is 14.9. The first kappa shape index (κ1) is 15.5. The smallest absolute Gasteiger partial charge is 0.0991 e. The fourth-order valence-electron chi connectivity index (χ4n) is 5.78. The minimum absolute atomic E-state index is 0.689. The maximum atomic E-state index is 9.18. The van der Waals surface area contributed by atoms with Crippen molar-refractivity contribution in [3.05, 3.63) is 90.5 Å². The first-order valence-corrected chi connectivity index (χ1v) is 10.5. The van der Waals surface area contributed by atoms with Gasteiger partial charge in [-0.2, -0.15) is 5.26 Å². The summed E-state index contributed by atoms with van der Waals surface area (Å²) >= 11 is 0. The van der Waals surface area contributed by atoms with Crippen LogP contribution < -0.4 is 0 Å². The fraction of sp³-hybridized carbons (Fsp3) is 0. The molecule has 2 heteroatoms. The summed E-state index contributed by atoms with van der Waals surface area (Å²) in [6, 6.07) is 32.6. The van der Waals surface area contributed by atoms with Crippen LogP contribution in [0.1, 0.15) is 5.56 Å². The monoisotopic (exact) mass is 390 g/mol. The molecule has 140 valence electrons. The third kappa shape index (κ3) is 1.67. The van der Waals surface area contributed by atoms with E-state index in [0.29, 0.717) is 5.56 Å². The third-order valence-corrected chi connectivity index (χ3v) is 7.04. The quantitative estimate of drug-likeness (QED) is 0.284. The normalized spacial score (nSPS) is 12.5. The van der Waals surface area contributed by atoms with Crippen molar-refractivity contribution in [1.29, 1.82) is 5.26 Å². The van der Waals surface area contributed by atoms with Gasteiger partial charge in [-0.25, -0.2) is 0 Å². The van der Waals surface area contributed by atoms with Crippen molar-refractivity contribution >= 4 is 59.6 Å². The molecule has 0 aliphatic rings. The second-order valence-corrected chi connectivity index (χ2v) is 8.52. The summed E-state index contributed by atoms with van der Waals surface area (Å²) in [6.07, 6.45) is 0. The lowest BCUT2D eigenvalue weighted by atomic mass is 9.97. The number of aromatic nitrogens is 1. The van der Waals surface area contributed by atoms with Crippen molar-refractivity contribution in [2.75, 3.05) is 0 Å². The third-order valence-electron chi connectivity index (χ3n) is 7.04. The zero-order valence-corrected chi connectivity index (χ0v) is 16.5. The largest absolute Gasteiger partial charge is 0.307 e. The molecule has 5 aromatic carbocycles. The zero-order valence-electron chi connectivity index (χ0n) is 16.5. The van der Waals surface area contributed by atoms with E-state index in [0.717, 1.165) is 5.56 Å². The molecule has 8 aromatic rings. The first-order valence-electron chi connectivity index (χ1n) is 10.5. The molecule has 31 heavy (non-hydrogen) atoms. The predicted octanol–water partition coefficient (Wildman–Crippen LogP) is 7.56. The van der Waals surface area contributed by atoms with Crippen LogP contribution >= 0.6 is 0 Å². The molecule has 0 spiro atoms. The van der Waals surface area contributed by atoms with Gasteiger partial charge in [-0.15, -0.1) is 0 Å². The molecule has 0 aliphatic heterocycles. The number of hydrogen-bond donors (Lipinski definition) is 0. The molecule has 8 rings (SSSR count). The Hall–Kier alpha value is -4.35. The van der Waals surface area contributed by atoms with Gasteiger partial charge in [0.25, 0.3) is 0 Å². The Kier molecular flexibility index (Phi) is 2.51. The molecule has 0 bridgehead atoms. The number of nitriles is 1. The second-order valence-electron chi connectivity index (χ2n) is 8.52. The number of para-hydroxylation sites is 1. The lowest BCUT2D eigenvalue weighted by molar-refractivity contribution is 1.41. The van der Waals surface area contributed by atoms with Gasteiger partial charge < -0.3 is 4.40 Å². The van der Waals surface area contributed by atoms with Crippen molar-refractivity contribution in [3.63, 3.8) is 0 Å². The molecule has 0 aliphatic carbocycles. The van der Waals surface area contributed by atoms with E-state index < -0.39 is 0 Å². The van der Waals surface area contributed by atoms with Crippen LogP contribution in [-0.4, -0.2) is 4.40 Å². The summed E-state index contributed by atoms with van der Waals surface area (Å²) in [4.78, 5) is 0. The Morgan fingerprint density at radius 3 is 2.03 bits per heavy atom. The number of nitrogens with zero attached hydrogens (tertiary/aromatic N) is 2. The van der Waals surface area contributed by atoms with Gasteiger partial charge in [0.1, 0.15) is 0 Å². The van der Waals surface area contributed by atoms with Crippen molar-refractivity contribution < 1.29 is 0 Å². The van der Waals surface area contributed by atoms with Crippen LogP contribution in [0.3, 0.4) is 0 Å². The maximum Gasteiger partial charge on any atom is 0.0991 e. The van der Waals surface area contributed by atoms with E-state index in [4.69, 9.17) is 0 Å². The molecule has 2 nitrogen and oxygen atoms in total. The van der Waals surface area contributed by atoms with Crippen LogP contribution in [-0.2, 0) is 0 Å².